The zero-order valence-electron chi connectivity index (χ0n) is 14.6. The SMILES string of the molecule is Cc1cnc(N2CCN(Cc3cccs3)CC2)nc1-c1ccnn1C. The lowest BCUT2D eigenvalue weighted by Crippen LogP contribution is -2.46. The molecule has 1 aliphatic rings. The second-order valence-corrected chi connectivity index (χ2v) is 7.42. The van der Waals surface area contributed by atoms with Crippen LogP contribution in [0.3, 0.4) is 0 Å². The first-order chi connectivity index (χ1) is 12.2. The number of rotatable bonds is 4. The molecule has 0 aliphatic carbocycles. The summed E-state index contributed by atoms with van der Waals surface area (Å²) in [6.45, 7) is 7.08. The molecule has 0 unspecified atom stereocenters. The number of hydrogen-bond donors (Lipinski definition) is 0. The van der Waals surface area contributed by atoms with Gasteiger partial charge in [-0.3, -0.25) is 9.58 Å². The van der Waals surface area contributed by atoms with Gasteiger partial charge in [-0.05, 0) is 30.0 Å². The van der Waals surface area contributed by atoms with Crippen molar-refractivity contribution >= 4 is 17.3 Å². The van der Waals surface area contributed by atoms with Gasteiger partial charge >= 0.3 is 0 Å². The molecule has 3 aromatic heterocycles. The molecule has 1 fully saturated rings. The van der Waals surface area contributed by atoms with Gasteiger partial charge in [-0.2, -0.15) is 5.10 Å². The third kappa shape index (κ3) is 3.43. The number of hydrogen-bond acceptors (Lipinski definition) is 6. The molecule has 0 bridgehead atoms. The van der Waals surface area contributed by atoms with Crippen LogP contribution in [0, 0.1) is 6.92 Å². The molecule has 0 amide bonds. The van der Waals surface area contributed by atoms with E-state index < -0.39 is 0 Å². The summed E-state index contributed by atoms with van der Waals surface area (Å²) in [7, 11) is 1.94. The minimum absolute atomic E-state index is 0.817. The summed E-state index contributed by atoms with van der Waals surface area (Å²) in [5, 5.41) is 6.40. The van der Waals surface area contributed by atoms with Gasteiger partial charge in [0.25, 0.3) is 0 Å². The van der Waals surface area contributed by atoms with Gasteiger partial charge in [0, 0.05) is 57.0 Å². The van der Waals surface area contributed by atoms with Gasteiger partial charge in [0.05, 0.1) is 11.4 Å². The van der Waals surface area contributed by atoms with Crippen molar-refractivity contribution < 1.29 is 0 Å². The first kappa shape index (κ1) is 16.2. The van der Waals surface area contributed by atoms with Crippen molar-refractivity contribution in [2.24, 2.45) is 7.05 Å². The van der Waals surface area contributed by atoms with Crippen LogP contribution in [-0.4, -0.2) is 50.8 Å². The van der Waals surface area contributed by atoms with Crippen molar-refractivity contribution in [3.63, 3.8) is 0 Å². The summed E-state index contributed by atoms with van der Waals surface area (Å²) in [6, 6.07) is 6.33. The molecule has 6 nitrogen and oxygen atoms in total. The highest BCUT2D eigenvalue weighted by atomic mass is 32.1. The minimum atomic E-state index is 0.817. The monoisotopic (exact) mass is 354 g/mol. The molecule has 25 heavy (non-hydrogen) atoms. The molecule has 3 aromatic rings. The third-order valence-corrected chi connectivity index (χ3v) is 5.50. The second-order valence-electron chi connectivity index (χ2n) is 6.38. The van der Waals surface area contributed by atoms with Crippen molar-refractivity contribution in [1.29, 1.82) is 0 Å². The molecule has 0 radical (unpaired) electrons. The molecule has 130 valence electrons. The first-order valence-corrected chi connectivity index (χ1v) is 9.40. The van der Waals surface area contributed by atoms with E-state index in [-0.39, 0.29) is 0 Å². The maximum Gasteiger partial charge on any atom is 0.226 e. The maximum absolute atomic E-state index is 4.84. The number of nitrogens with zero attached hydrogens (tertiary/aromatic N) is 6. The normalized spacial score (nSPS) is 15.7. The van der Waals surface area contributed by atoms with Crippen LogP contribution in [0.1, 0.15) is 10.4 Å². The van der Waals surface area contributed by atoms with Gasteiger partial charge in [0.1, 0.15) is 0 Å². The average molecular weight is 354 g/mol. The lowest BCUT2D eigenvalue weighted by molar-refractivity contribution is 0.251. The number of thiophene rings is 1. The predicted octanol–water partition coefficient (Wildman–Crippen LogP) is 2.57. The van der Waals surface area contributed by atoms with Crippen molar-refractivity contribution in [2.75, 3.05) is 31.1 Å². The lowest BCUT2D eigenvalue weighted by Gasteiger charge is -2.34. The molecular formula is C18H22N6S. The average Bonchev–Trinajstić information content (AvgIpc) is 3.28. The first-order valence-electron chi connectivity index (χ1n) is 8.52. The fourth-order valence-corrected chi connectivity index (χ4v) is 3.93. The topological polar surface area (TPSA) is 50.1 Å². The van der Waals surface area contributed by atoms with E-state index in [0.717, 1.165) is 55.6 Å². The number of anilines is 1. The number of aromatic nitrogens is 4. The molecule has 1 aliphatic heterocycles. The predicted molar refractivity (Wildman–Crippen MR) is 101 cm³/mol. The van der Waals surface area contributed by atoms with E-state index in [1.54, 1.807) is 6.20 Å². The van der Waals surface area contributed by atoms with Crippen molar-refractivity contribution in [3.05, 3.63) is 46.4 Å². The Labute approximate surface area is 151 Å². The van der Waals surface area contributed by atoms with Crippen LogP contribution in [0.15, 0.2) is 36.0 Å². The molecular weight excluding hydrogens is 332 g/mol. The zero-order valence-corrected chi connectivity index (χ0v) is 15.4. The molecule has 0 atom stereocenters. The van der Waals surface area contributed by atoms with Gasteiger partial charge in [0.15, 0.2) is 0 Å². The van der Waals surface area contributed by atoms with Crippen molar-refractivity contribution in [1.82, 2.24) is 24.6 Å². The smallest absolute Gasteiger partial charge is 0.226 e. The zero-order chi connectivity index (χ0) is 17.2. The third-order valence-electron chi connectivity index (χ3n) is 4.64. The van der Waals surface area contributed by atoms with Crippen LogP contribution < -0.4 is 4.90 Å². The highest BCUT2D eigenvalue weighted by Gasteiger charge is 2.20. The summed E-state index contributed by atoms with van der Waals surface area (Å²) in [5.41, 5.74) is 3.06. The van der Waals surface area contributed by atoms with Gasteiger partial charge in [-0.15, -0.1) is 11.3 Å². The van der Waals surface area contributed by atoms with E-state index in [9.17, 15) is 0 Å². The van der Waals surface area contributed by atoms with E-state index in [2.05, 4.69) is 37.4 Å². The summed E-state index contributed by atoms with van der Waals surface area (Å²) >= 11 is 1.83. The molecule has 0 aromatic carbocycles. The van der Waals surface area contributed by atoms with Crippen LogP contribution in [0.2, 0.25) is 0 Å². The Morgan fingerprint density at radius 3 is 2.68 bits per heavy atom. The van der Waals surface area contributed by atoms with Crippen LogP contribution in [0.5, 0.6) is 0 Å². The van der Waals surface area contributed by atoms with Gasteiger partial charge in [-0.25, -0.2) is 9.97 Å². The van der Waals surface area contributed by atoms with E-state index in [0.29, 0.717) is 0 Å². The van der Waals surface area contributed by atoms with E-state index >= 15 is 0 Å². The summed E-state index contributed by atoms with van der Waals surface area (Å²) < 4.78 is 1.86. The van der Waals surface area contributed by atoms with Gasteiger partial charge < -0.3 is 4.90 Å². The Bertz CT molecular complexity index is 833. The quantitative estimate of drug-likeness (QED) is 0.721. The molecule has 4 rings (SSSR count). The van der Waals surface area contributed by atoms with E-state index in [4.69, 9.17) is 4.98 Å². The number of piperazine rings is 1. The van der Waals surface area contributed by atoms with Crippen LogP contribution in [0.25, 0.3) is 11.4 Å². The van der Waals surface area contributed by atoms with Crippen molar-refractivity contribution in [2.45, 2.75) is 13.5 Å². The van der Waals surface area contributed by atoms with Crippen LogP contribution >= 0.6 is 11.3 Å². The number of aryl methyl sites for hydroxylation is 2. The fraction of sp³-hybridized carbons (Fsp3) is 0.389. The van der Waals surface area contributed by atoms with E-state index in [1.165, 1.54) is 4.88 Å². The van der Waals surface area contributed by atoms with Gasteiger partial charge in [0.2, 0.25) is 5.95 Å². The van der Waals surface area contributed by atoms with Crippen LogP contribution in [-0.2, 0) is 13.6 Å². The molecule has 0 spiro atoms. The Hall–Kier alpha value is -2.25. The van der Waals surface area contributed by atoms with Crippen molar-refractivity contribution in [3.8, 4) is 11.4 Å². The van der Waals surface area contributed by atoms with Gasteiger partial charge in [-0.1, -0.05) is 6.07 Å². The molecule has 0 saturated carbocycles. The Kier molecular flexibility index (Phi) is 4.50. The second kappa shape index (κ2) is 6.93. The van der Waals surface area contributed by atoms with E-state index in [1.807, 2.05) is 42.3 Å². The Morgan fingerprint density at radius 1 is 1.16 bits per heavy atom. The molecule has 1 saturated heterocycles. The highest BCUT2D eigenvalue weighted by molar-refractivity contribution is 7.09. The maximum atomic E-state index is 4.84. The lowest BCUT2D eigenvalue weighted by atomic mass is 10.2. The van der Waals surface area contributed by atoms with Crippen LogP contribution in [0.4, 0.5) is 5.95 Å². The Morgan fingerprint density at radius 2 is 2.00 bits per heavy atom. The molecule has 0 N–H and O–H groups in total. The highest BCUT2D eigenvalue weighted by Crippen LogP contribution is 2.23. The Balaban J connectivity index is 1.47. The fourth-order valence-electron chi connectivity index (χ4n) is 3.18. The standard InChI is InChI=1S/C18H22N6S/c1-14-12-19-18(21-17(14)16-5-6-20-22(16)2)24-9-7-23(8-10-24)13-15-4-3-11-25-15/h3-6,11-12H,7-10,13H2,1-2H3. The summed E-state index contributed by atoms with van der Waals surface area (Å²) in [5.74, 6) is 0.817. The summed E-state index contributed by atoms with van der Waals surface area (Å²) in [4.78, 5) is 15.6. The summed E-state index contributed by atoms with van der Waals surface area (Å²) in [6.07, 6.45) is 3.72. The molecule has 4 heterocycles. The minimum Gasteiger partial charge on any atom is -0.338 e. The largest absolute Gasteiger partial charge is 0.338 e. The molecule has 7 heteroatoms.